The molecule has 67 heavy (non-hydrogen) atoms. The Balaban J connectivity index is 1.58. The molecule has 2 aromatic heterocycles. The summed E-state index contributed by atoms with van der Waals surface area (Å²) < 4.78 is 45.6. The van der Waals surface area contributed by atoms with Crippen molar-refractivity contribution in [1.29, 1.82) is 5.26 Å². The Morgan fingerprint density at radius 2 is 1.57 bits per heavy atom. The zero-order valence-electron chi connectivity index (χ0n) is 41.2. The van der Waals surface area contributed by atoms with Gasteiger partial charge in [-0.3, -0.25) is 24.5 Å². The molecule has 2 N–H and O–H groups in total. The average molecular weight is 954 g/mol. The van der Waals surface area contributed by atoms with Gasteiger partial charge >= 0.3 is 0 Å². The minimum Gasteiger partial charge on any atom is -0.497 e. The van der Waals surface area contributed by atoms with Crippen LogP contribution in [0.25, 0.3) is 11.2 Å². The van der Waals surface area contributed by atoms with Crippen molar-refractivity contribution < 1.29 is 32.5 Å². The van der Waals surface area contributed by atoms with Crippen molar-refractivity contribution in [2.75, 3.05) is 25.6 Å². The molecule has 3 aromatic carbocycles. The van der Waals surface area contributed by atoms with Gasteiger partial charge in [-0.15, -0.1) is 0 Å². The van der Waals surface area contributed by atoms with E-state index >= 15 is 0 Å². The lowest BCUT2D eigenvalue weighted by atomic mass is 9.79. The number of nitriles is 1. The molecule has 3 heterocycles. The molecular weight excluding hydrogens is 886 g/mol. The molecule has 15 nitrogen and oxygen atoms in total. The van der Waals surface area contributed by atoms with Gasteiger partial charge in [0.1, 0.15) is 29.7 Å². The molecule has 3 unspecified atom stereocenters. The number of nitrogens with one attached hydrogen (secondary N) is 2. The van der Waals surface area contributed by atoms with E-state index in [-0.39, 0.29) is 65.7 Å². The number of carbonyl (C=O) groups is 1. The van der Waals surface area contributed by atoms with Gasteiger partial charge in [0.15, 0.2) is 25.7 Å². The summed E-state index contributed by atoms with van der Waals surface area (Å²) in [5.74, 6) is -0.0131. The first-order valence-corrected chi connectivity index (χ1v) is 27.0. The van der Waals surface area contributed by atoms with Gasteiger partial charge in [-0.25, -0.2) is 9.65 Å². The molecule has 1 fully saturated rings. The monoisotopic (exact) mass is 953 g/mol. The quantitative estimate of drug-likeness (QED) is 0.0328. The topological polar surface area (TPSA) is 175 Å². The molecule has 1 amide bonds. The van der Waals surface area contributed by atoms with Crippen LogP contribution in [0, 0.1) is 24.2 Å². The van der Waals surface area contributed by atoms with Crippen LogP contribution in [0.5, 0.6) is 5.75 Å². The number of benzene rings is 3. The Morgan fingerprint density at radius 1 is 0.955 bits per heavy atom. The lowest BCUT2D eigenvalue weighted by Gasteiger charge is -2.43. The number of ether oxygens (including phenoxy) is 3. The van der Waals surface area contributed by atoms with Crippen molar-refractivity contribution in [1.82, 2.24) is 24.2 Å². The number of H-pyrrole nitrogens is 1. The van der Waals surface area contributed by atoms with E-state index in [4.69, 9.17) is 32.7 Å². The number of rotatable bonds is 20. The lowest BCUT2D eigenvalue weighted by molar-refractivity contribution is -0.118. The van der Waals surface area contributed by atoms with Crippen LogP contribution in [0.3, 0.4) is 0 Å². The van der Waals surface area contributed by atoms with Gasteiger partial charge in [0.05, 0.1) is 39.1 Å². The van der Waals surface area contributed by atoms with Crippen molar-refractivity contribution in [3.05, 3.63) is 118 Å². The van der Waals surface area contributed by atoms with Crippen molar-refractivity contribution >= 4 is 39.9 Å². The molecule has 6 atom stereocenters. The highest BCUT2D eigenvalue weighted by atomic mass is 31.2. The molecule has 0 saturated carbocycles. The fourth-order valence-electron chi connectivity index (χ4n) is 7.91. The number of aromatic nitrogens is 4. The zero-order valence-corrected chi connectivity index (χ0v) is 43.1. The van der Waals surface area contributed by atoms with Crippen LogP contribution < -0.4 is 15.6 Å². The van der Waals surface area contributed by atoms with Crippen molar-refractivity contribution in [2.45, 2.75) is 136 Å². The van der Waals surface area contributed by atoms with Crippen LogP contribution in [-0.2, 0) is 33.3 Å². The van der Waals surface area contributed by atoms with Crippen LogP contribution in [0.4, 0.5) is 5.95 Å². The van der Waals surface area contributed by atoms with Crippen LogP contribution in [0.2, 0.25) is 18.1 Å². The number of carbonyl (C=O) groups excluding carboxylic acids is 1. The number of methoxy groups -OCH3 is 1. The fourth-order valence-corrected chi connectivity index (χ4v) is 11.0. The number of aromatic amines is 1. The van der Waals surface area contributed by atoms with E-state index in [1.807, 2.05) is 42.5 Å². The number of fused-ring (bicyclic) bond motifs is 1. The number of amides is 1. The van der Waals surface area contributed by atoms with E-state index in [1.54, 1.807) is 25.5 Å². The van der Waals surface area contributed by atoms with Crippen LogP contribution in [0.1, 0.15) is 97.2 Å². The largest absolute Gasteiger partial charge is 0.497 e. The molecule has 0 aliphatic carbocycles. The van der Waals surface area contributed by atoms with E-state index in [1.165, 1.54) is 6.33 Å². The first-order chi connectivity index (χ1) is 31.7. The zero-order chi connectivity index (χ0) is 48.8. The second kappa shape index (κ2) is 21.6. The third-order valence-corrected chi connectivity index (χ3v) is 19.1. The normalized spacial score (nSPS) is 19.3. The Hall–Kier alpha value is -4.82. The van der Waals surface area contributed by atoms with Gasteiger partial charge in [-0.1, -0.05) is 107 Å². The number of anilines is 1. The van der Waals surface area contributed by atoms with Crippen molar-refractivity contribution in [3.8, 4) is 11.8 Å². The summed E-state index contributed by atoms with van der Waals surface area (Å²) in [6.07, 6.45) is -1.82. The van der Waals surface area contributed by atoms with Crippen molar-refractivity contribution in [2.24, 2.45) is 5.92 Å². The fraction of sp³-hybridized carbons (Fsp3) is 0.500. The summed E-state index contributed by atoms with van der Waals surface area (Å²) in [6.45, 7) is 24.9. The van der Waals surface area contributed by atoms with Crippen molar-refractivity contribution in [3.63, 3.8) is 0 Å². The average Bonchev–Trinajstić information content (AvgIpc) is 3.84. The predicted molar refractivity (Wildman–Crippen MR) is 264 cm³/mol. The number of hydrogen-bond acceptors (Lipinski definition) is 12. The predicted octanol–water partition coefficient (Wildman–Crippen LogP) is 9.99. The summed E-state index contributed by atoms with van der Waals surface area (Å²) in [4.78, 5) is 38.5. The Bertz CT molecular complexity index is 2510. The van der Waals surface area contributed by atoms with Gasteiger partial charge < -0.3 is 27.7 Å². The summed E-state index contributed by atoms with van der Waals surface area (Å²) in [6, 6.07) is 28.5. The standard InChI is InChI=1S/C50H68N7O8PSi/c1-32(2)45(58)54-48-53-44-41(46(59)55-48)52-31-56(44)47-43(64-66(62-29-17-28-51)57(33(3)4)34(5)6)42(65-67(12,13)49(8,9)10)40(63-47)30-61-50(36-18-15-14-16-19-36,37-22-20-35(7)21-23-37)38-24-26-39(60-11)27-25-38/h14-16,18-27,31-34,40,42-43,47H,17,29-30H2,1-13H3,(H2,53,54,55,58,59)/t40-,42?,43+,47-,50?,66?/m1/s1. The Kier molecular flexibility index (Phi) is 16.7. The number of imidazole rings is 1. The summed E-state index contributed by atoms with van der Waals surface area (Å²) in [5.41, 5.74) is 2.29. The van der Waals surface area contributed by atoms with Gasteiger partial charge in [0.25, 0.3) is 14.1 Å². The van der Waals surface area contributed by atoms with Gasteiger partial charge in [-0.2, -0.15) is 10.2 Å². The molecule has 17 heteroatoms. The Labute approximate surface area is 397 Å². The lowest BCUT2D eigenvalue weighted by Crippen LogP contribution is -2.51. The maximum atomic E-state index is 13.6. The second-order valence-corrected chi connectivity index (χ2v) is 25.5. The smallest absolute Gasteiger partial charge is 0.280 e. The van der Waals surface area contributed by atoms with Gasteiger partial charge in [0, 0.05) is 18.0 Å². The highest BCUT2D eigenvalue weighted by Gasteiger charge is 2.54. The van der Waals surface area contributed by atoms with E-state index in [2.05, 4.69) is 131 Å². The highest BCUT2D eigenvalue weighted by molar-refractivity contribution is 7.44. The molecule has 360 valence electrons. The maximum Gasteiger partial charge on any atom is 0.280 e. The first-order valence-electron chi connectivity index (χ1n) is 23.0. The Morgan fingerprint density at radius 3 is 2.13 bits per heavy atom. The third-order valence-electron chi connectivity index (χ3n) is 12.5. The molecule has 0 spiro atoms. The highest BCUT2D eigenvalue weighted by Crippen LogP contribution is 2.53. The van der Waals surface area contributed by atoms with Crippen LogP contribution >= 0.6 is 8.53 Å². The summed E-state index contributed by atoms with van der Waals surface area (Å²) >= 11 is 0. The van der Waals surface area contributed by atoms with E-state index in [0.29, 0.717) is 5.75 Å². The van der Waals surface area contributed by atoms with E-state index < -0.39 is 52.5 Å². The molecule has 0 radical (unpaired) electrons. The van der Waals surface area contributed by atoms with Gasteiger partial charge in [-0.05, 0) is 81.6 Å². The molecule has 1 aliphatic rings. The third kappa shape index (κ3) is 11.4. The SMILES string of the molecule is COc1ccc(C(OC[C@H]2O[C@@H](n3cnc4c(=O)[nH]c(NC(=O)C(C)C)nc43)[C@@H](OP(OCCC#N)N(C(C)C)C(C)C)C2O[Si](C)(C)C(C)(C)C)(c2ccccc2)c2ccc(C)cc2)cc1. The minimum atomic E-state index is -2.67. The molecule has 1 saturated heterocycles. The van der Waals surface area contributed by atoms with E-state index in [0.717, 1.165) is 22.3 Å². The number of hydrogen-bond donors (Lipinski definition) is 2. The summed E-state index contributed by atoms with van der Waals surface area (Å²) in [7, 11) is -2.89. The number of aryl methyl sites for hydroxylation is 1. The van der Waals surface area contributed by atoms with E-state index in [9.17, 15) is 14.9 Å². The van der Waals surface area contributed by atoms with Gasteiger partial charge in [0.2, 0.25) is 11.9 Å². The molecular formula is C50H68N7O8PSi. The minimum absolute atomic E-state index is 0.00603. The first kappa shape index (κ1) is 51.6. The second-order valence-electron chi connectivity index (χ2n) is 19.4. The number of nitrogens with zero attached hydrogens (tertiary/aromatic N) is 5. The maximum absolute atomic E-state index is 13.6. The van der Waals surface area contributed by atoms with Crippen LogP contribution in [0.15, 0.2) is 90.0 Å². The molecule has 1 aliphatic heterocycles. The molecule has 6 rings (SSSR count). The van der Waals surface area contributed by atoms with Crippen LogP contribution in [-0.4, -0.2) is 89.1 Å². The molecule has 5 aromatic rings. The molecule has 0 bridgehead atoms. The summed E-state index contributed by atoms with van der Waals surface area (Å²) in [5, 5.41) is 12.1.